The minimum Gasteiger partial charge on any atom is -0.349 e. The molecule has 4 heterocycles. The summed E-state index contributed by atoms with van der Waals surface area (Å²) in [6.07, 6.45) is 1.63. The number of fused-ring (bicyclic) bond motifs is 4. The Bertz CT molecular complexity index is 768. The van der Waals surface area contributed by atoms with Crippen LogP contribution in [0.15, 0.2) is 6.07 Å². The molecule has 2 bridgehead atoms. The molecule has 148 valence electrons. The van der Waals surface area contributed by atoms with Gasteiger partial charge in [-0.1, -0.05) is 0 Å². The quantitative estimate of drug-likeness (QED) is 0.797. The molecule has 0 aromatic carbocycles. The molecule has 1 aromatic heterocycles. The van der Waals surface area contributed by atoms with E-state index in [0.717, 1.165) is 36.3 Å². The number of piperidine rings is 1. The lowest BCUT2D eigenvalue weighted by Gasteiger charge is -2.35. The van der Waals surface area contributed by atoms with Crippen molar-refractivity contribution in [1.82, 2.24) is 19.3 Å². The van der Waals surface area contributed by atoms with Gasteiger partial charge in [-0.3, -0.25) is 14.4 Å². The normalized spacial score (nSPS) is 22.2. The summed E-state index contributed by atoms with van der Waals surface area (Å²) >= 11 is 0. The van der Waals surface area contributed by atoms with E-state index in [1.165, 1.54) is 4.90 Å². The van der Waals surface area contributed by atoms with Gasteiger partial charge in [0.15, 0.2) is 0 Å². The van der Waals surface area contributed by atoms with Gasteiger partial charge in [-0.05, 0) is 39.7 Å². The van der Waals surface area contributed by atoms with Gasteiger partial charge in [0, 0.05) is 51.2 Å². The monoisotopic (exact) mass is 374 g/mol. The van der Waals surface area contributed by atoms with E-state index in [-0.39, 0.29) is 36.2 Å². The predicted molar refractivity (Wildman–Crippen MR) is 102 cm³/mol. The van der Waals surface area contributed by atoms with Crippen LogP contribution in [0.4, 0.5) is 0 Å². The van der Waals surface area contributed by atoms with Gasteiger partial charge in [0.1, 0.15) is 6.54 Å². The third-order valence-corrected chi connectivity index (χ3v) is 6.01. The number of aryl methyl sites for hydroxylation is 1. The highest BCUT2D eigenvalue weighted by molar-refractivity contribution is 5.96. The van der Waals surface area contributed by atoms with Crippen LogP contribution in [0.2, 0.25) is 0 Å². The molecule has 0 saturated carbocycles. The molecule has 0 aliphatic carbocycles. The second kappa shape index (κ2) is 7.37. The summed E-state index contributed by atoms with van der Waals surface area (Å²) < 4.78 is 2.13. The van der Waals surface area contributed by atoms with Crippen molar-refractivity contribution in [2.24, 2.45) is 5.92 Å². The van der Waals surface area contributed by atoms with E-state index < -0.39 is 0 Å². The van der Waals surface area contributed by atoms with Crippen LogP contribution in [0.5, 0.6) is 0 Å². The molecule has 0 unspecified atom stereocenters. The molecule has 7 nitrogen and oxygen atoms in total. The Morgan fingerprint density at radius 3 is 2.48 bits per heavy atom. The maximum absolute atomic E-state index is 13.2. The summed E-state index contributed by atoms with van der Waals surface area (Å²) in [5.74, 6) is -0.290. The van der Waals surface area contributed by atoms with Gasteiger partial charge < -0.3 is 19.3 Å². The maximum Gasteiger partial charge on any atom is 0.255 e. The number of aromatic nitrogens is 1. The van der Waals surface area contributed by atoms with Crippen LogP contribution in [0, 0.1) is 19.8 Å². The largest absolute Gasteiger partial charge is 0.349 e. The molecule has 3 fully saturated rings. The molecule has 3 saturated heterocycles. The molecule has 27 heavy (non-hydrogen) atoms. The molecule has 4 rings (SSSR count). The summed E-state index contributed by atoms with van der Waals surface area (Å²) in [6, 6.07) is 1.86. The highest BCUT2D eigenvalue weighted by Crippen LogP contribution is 2.30. The molecule has 3 aliphatic rings. The Kier molecular flexibility index (Phi) is 5.31. The number of rotatable bonds is 4. The van der Waals surface area contributed by atoms with Gasteiger partial charge >= 0.3 is 0 Å². The molecule has 0 radical (unpaired) electrons. The van der Waals surface area contributed by atoms with Crippen LogP contribution in [0.3, 0.4) is 0 Å². The number of likely N-dealkylation sites (N-methyl/N-ethyl adjacent to an activating group) is 1. The fraction of sp³-hybridized carbons (Fsp3) is 0.650. The summed E-state index contributed by atoms with van der Waals surface area (Å²) in [4.78, 5) is 43.3. The van der Waals surface area contributed by atoms with Gasteiger partial charge in [0.25, 0.3) is 5.91 Å². The Labute approximate surface area is 160 Å². The molecular formula is C20H30N4O3. The van der Waals surface area contributed by atoms with Crippen molar-refractivity contribution in [1.29, 1.82) is 0 Å². The second-order valence-electron chi connectivity index (χ2n) is 7.92. The summed E-state index contributed by atoms with van der Waals surface area (Å²) in [6.45, 7) is 7.92. The van der Waals surface area contributed by atoms with Gasteiger partial charge in [0.2, 0.25) is 11.8 Å². The first-order valence-electron chi connectivity index (χ1n) is 9.71. The molecule has 7 heteroatoms. The molecule has 0 N–H and O–H groups in total. The Balaban J connectivity index is 1.83. The van der Waals surface area contributed by atoms with Crippen LogP contribution in [-0.4, -0.2) is 76.8 Å². The summed E-state index contributed by atoms with van der Waals surface area (Å²) in [5.41, 5.74) is 2.77. The number of hydrogen-bond acceptors (Lipinski definition) is 3. The van der Waals surface area contributed by atoms with E-state index in [2.05, 4.69) is 11.5 Å². The van der Waals surface area contributed by atoms with Crippen molar-refractivity contribution < 1.29 is 14.4 Å². The molecule has 3 amide bonds. The minimum atomic E-state index is -0.211. The van der Waals surface area contributed by atoms with E-state index >= 15 is 0 Å². The first-order chi connectivity index (χ1) is 12.7. The zero-order valence-electron chi connectivity index (χ0n) is 17.0. The van der Waals surface area contributed by atoms with Crippen molar-refractivity contribution in [3.63, 3.8) is 0 Å². The Morgan fingerprint density at radius 1 is 1.19 bits per heavy atom. The predicted octanol–water partition coefficient (Wildman–Crippen LogP) is 1.28. The highest BCUT2D eigenvalue weighted by Gasteiger charge is 2.43. The van der Waals surface area contributed by atoms with Gasteiger partial charge in [-0.15, -0.1) is 0 Å². The van der Waals surface area contributed by atoms with E-state index in [9.17, 15) is 14.4 Å². The smallest absolute Gasteiger partial charge is 0.255 e. The maximum atomic E-state index is 13.2. The van der Waals surface area contributed by atoms with Crippen molar-refractivity contribution >= 4 is 17.7 Å². The molecule has 2 atom stereocenters. The van der Waals surface area contributed by atoms with E-state index in [4.69, 9.17) is 0 Å². The van der Waals surface area contributed by atoms with Crippen LogP contribution in [0.1, 0.15) is 41.5 Å². The third kappa shape index (κ3) is 3.47. The standard InChI is InChI=1S/C20H30N4O3/c1-6-23-13(2)9-17(14(23)3)20(27)22-10-15-7-8-16(11-22)24(19(15)26)12-18(25)21(4)5/h9,15-16H,6-8,10-12H2,1-5H3/t15-,16+/m1/s1. The fourth-order valence-electron chi connectivity index (χ4n) is 4.38. The molecule has 0 spiro atoms. The average molecular weight is 374 g/mol. The third-order valence-electron chi connectivity index (χ3n) is 6.01. The number of carbonyl (C=O) groups is 3. The van der Waals surface area contributed by atoms with Gasteiger partial charge in [0.05, 0.1) is 11.5 Å². The topological polar surface area (TPSA) is 65.9 Å². The second-order valence-corrected chi connectivity index (χ2v) is 7.92. The number of carbonyl (C=O) groups excluding carboxylic acids is 3. The average Bonchev–Trinajstić information content (AvgIpc) is 2.78. The zero-order chi connectivity index (χ0) is 19.9. The molecular weight excluding hydrogens is 344 g/mol. The van der Waals surface area contributed by atoms with E-state index in [0.29, 0.717) is 13.1 Å². The van der Waals surface area contributed by atoms with Crippen LogP contribution in [-0.2, 0) is 16.1 Å². The first kappa shape index (κ1) is 19.5. The fourth-order valence-corrected chi connectivity index (χ4v) is 4.38. The van der Waals surface area contributed by atoms with Crippen molar-refractivity contribution in [3.05, 3.63) is 23.0 Å². The van der Waals surface area contributed by atoms with Crippen molar-refractivity contribution in [3.8, 4) is 0 Å². The zero-order valence-corrected chi connectivity index (χ0v) is 17.0. The van der Waals surface area contributed by atoms with Gasteiger partial charge in [-0.25, -0.2) is 0 Å². The summed E-state index contributed by atoms with van der Waals surface area (Å²) in [7, 11) is 3.39. The van der Waals surface area contributed by atoms with Crippen molar-refractivity contribution in [2.45, 2.75) is 46.2 Å². The van der Waals surface area contributed by atoms with Crippen LogP contribution < -0.4 is 0 Å². The Morgan fingerprint density at radius 2 is 1.89 bits per heavy atom. The highest BCUT2D eigenvalue weighted by atomic mass is 16.2. The lowest BCUT2D eigenvalue weighted by Crippen LogP contribution is -2.51. The van der Waals surface area contributed by atoms with E-state index in [1.54, 1.807) is 19.0 Å². The number of hydrogen-bond donors (Lipinski definition) is 0. The number of amides is 3. The minimum absolute atomic E-state index is 0.00622. The lowest BCUT2D eigenvalue weighted by atomic mass is 9.94. The van der Waals surface area contributed by atoms with Crippen molar-refractivity contribution in [2.75, 3.05) is 33.7 Å². The summed E-state index contributed by atoms with van der Waals surface area (Å²) in [5, 5.41) is 0. The first-order valence-corrected chi connectivity index (χ1v) is 9.71. The SMILES string of the molecule is CCn1c(C)cc(C(=O)N2C[C@H]3CC[C@@H](C2)N(CC(=O)N(C)C)C3=O)c1C. The van der Waals surface area contributed by atoms with Gasteiger partial charge in [-0.2, -0.15) is 0 Å². The lowest BCUT2D eigenvalue weighted by molar-refractivity contribution is -0.145. The van der Waals surface area contributed by atoms with Crippen LogP contribution in [0.25, 0.3) is 0 Å². The van der Waals surface area contributed by atoms with Crippen LogP contribution >= 0.6 is 0 Å². The molecule has 3 aliphatic heterocycles. The van der Waals surface area contributed by atoms with E-state index in [1.807, 2.05) is 24.8 Å². The Hall–Kier alpha value is -2.31. The number of nitrogens with zero attached hydrogens (tertiary/aromatic N) is 4. The molecule has 1 aromatic rings.